The lowest BCUT2D eigenvalue weighted by molar-refractivity contribution is 0.0691. The van der Waals surface area contributed by atoms with Crippen LogP contribution >= 0.6 is 11.3 Å². The summed E-state index contributed by atoms with van der Waals surface area (Å²) in [5, 5.41) is 9.96. The van der Waals surface area contributed by atoms with E-state index in [0.29, 0.717) is 9.87 Å². The summed E-state index contributed by atoms with van der Waals surface area (Å²) in [6, 6.07) is 7.93. The lowest BCUT2D eigenvalue weighted by Gasteiger charge is -2.25. The summed E-state index contributed by atoms with van der Waals surface area (Å²) in [7, 11) is -4.59. The van der Waals surface area contributed by atoms with E-state index in [1.807, 2.05) is 0 Å². The first-order valence-corrected chi connectivity index (χ1v) is 8.09. The quantitative estimate of drug-likeness (QED) is 0.815. The molecule has 2 rings (SSSR count). The molecule has 9 heteroatoms. The van der Waals surface area contributed by atoms with Crippen molar-refractivity contribution in [2.24, 2.45) is 0 Å². The molecule has 1 unspecified atom stereocenters. The van der Waals surface area contributed by atoms with Crippen molar-refractivity contribution in [2.75, 3.05) is 4.31 Å². The van der Waals surface area contributed by atoms with Crippen molar-refractivity contribution in [3.05, 3.63) is 47.0 Å². The maximum Gasteiger partial charge on any atom is 0.362 e. The van der Waals surface area contributed by atoms with E-state index in [9.17, 15) is 17.8 Å². The standard InChI is InChI=1S/C12H12N2O5S2/c1-8(9-5-3-2-4-6-9)14(21(17,18)19)12-13-10(7-20-12)11(15)16/h2-8H,1H3,(H,15,16)(H,17,18,19). The number of anilines is 1. The van der Waals surface area contributed by atoms with Gasteiger partial charge in [-0.05, 0) is 12.5 Å². The van der Waals surface area contributed by atoms with Crippen molar-refractivity contribution in [1.82, 2.24) is 4.98 Å². The zero-order valence-electron chi connectivity index (χ0n) is 10.9. The predicted octanol–water partition coefficient (Wildman–Crippen LogP) is 2.21. The average Bonchev–Trinajstić information content (AvgIpc) is 2.87. The molecule has 21 heavy (non-hydrogen) atoms. The summed E-state index contributed by atoms with van der Waals surface area (Å²) in [6.07, 6.45) is 0. The van der Waals surface area contributed by atoms with Crippen LogP contribution in [0.4, 0.5) is 5.13 Å². The predicted molar refractivity (Wildman–Crippen MR) is 78.0 cm³/mol. The normalized spacial score (nSPS) is 12.9. The Morgan fingerprint density at radius 2 is 1.95 bits per heavy atom. The van der Waals surface area contributed by atoms with E-state index in [1.165, 1.54) is 5.38 Å². The summed E-state index contributed by atoms with van der Waals surface area (Å²) in [6.45, 7) is 1.57. The molecule has 2 N–H and O–H groups in total. The van der Waals surface area contributed by atoms with Gasteiger partial charge < -0.3 is 5.11 Å². The summed E-state index contributed by atoms with van der Waals surface area (Å²) in [5.41, 5.74) is 0.367. The second-order valence-electron chi connectivity index (χ2n) is 4.18. The number of carboxylic acids is 1. The lowest BCUT2D eigenvalue weighted by atomic mass is 10.1. The average molecular weight is 328 g/mol. The Morgan fingerprint density at radius 3 is 2.43 bits per heavy atom. The van der Waals surface area contributed by atoms with Crippen LogP contribution in [0.1, 0.15) is 29.0 Å². The number of benzene rings is 1. The van der Waals surface area contributed by atoms with E-state index in [0.717, 1.165) is 11.3 Å². The van der Waals surface area contributed by atoms with Gasteiger partial charge in [-0.2, -0.15) is 8.42 Å². The lowest BCUT2D eigenvalue weighted by Crippen LogP contribution is -2.33. The number of aromatic carboxylic acids is 1. The zero-order valence-corrected chi connectivity index (χ0v) is 12.5. The number of thiazole rings is 1. The molecule has 7 nitrogen and oxygen atoms in total. The topological polar surface area (TPSA) is 108 Å². The van der Waals surface area contributed by atoms with Gasteiger partial charge in [-0.1, -0.05) is 30.3 Å². The first-order chi connectivity index (χ1) is 9.80. The van der Waals surface area contributed by atoms with Gasteiger partial charge in [0.2, 0.25) is 5.13 Å². The molecular weight excluding hydrogens is 316 g/mol. The SMILES string of the molecule is CC(c1ccccc1)N(c1nc(C(=O)O)cs1)S(=O)(=O)O. The van der Waals surface area contributed by atoms with E-state index in [4.69, 9.17) is 5.11 Å². The maximum absolute atomic E-state index is 11.6. The maximum atomic E-state index is 11.6. The molecule has 0 spiro atoms. The first kappa shape index (κ1) is 15.4. The molecule has 0 saturated heterocycles. The monoisotopic (exact) mass is 328 g/mol. The summed E-state index contributed by atoms with van der Waals surface area (Å²) < 4.78 is 33.4. The molecule has 0 amide bonds. The van der Waals surface area contributed by atoms with Crippen LogP contribution in [0, 0.1) is 0 Å². The van der Waals surface area contributed by atoms with Gasteiger partial charge in [0.1, 0.15) is 0 Å². The van der Waals surface area contributed by atoms with E-state index in [-0.39, 0.29) is 10.8 Å². The first-order valence-electron chi connectivity index (χ1n) is 5.81. The fraction of sp³-hybridized carbons (Fsp3) is 0.167. The van der Waals surface area contributed by atoms with Crippen LogP contribution in [0.3, 0.4) is 0 Å². The second kappa shape index (κ2) is 5.80. The van der Waals surface area contributed by atoms with Gasteiger partial charge in [0.15, 0.2) is 5.69 Å². The summed E-state index contributed by atoms with van der Waals surface area (Å²) >= 11 is 0.831. The van der Waals surface area contributed by atoms with Crippen LogP contribution in [-0.2, 0) is 10.3 Å². The van der Waals surface area contributed by atoms with E-state index in [2.05, 4.69) is 4.98 Å². The smallest absolute Gasteiger partial charge is 0.362 e. The van der Waals surface area contributed by atoms with Gasteiger partial charge in [0, 0.05) is 5.38 Å². The van der Waals surface area contributed by atoms with Crippen LogP contribution < -0.4 is 4.31 Å². The zero-order chi connectivity index (χ0) is 15.6. The van der Waals surface area contributed by atoms with Crippen molar-refractivity contribution < 1.29 is 22.9 Å². The van der Waals surface area contributed by atoms with Gasteiger partial charge in [0.25, 0.3) is 0 Å². The molecule has 0 fully saturated rings. The van der Waals surface area contributed by atoms with Crippen LogP contribution in [-0.4, -0.2) is 29.0 Å². The molecule has 112 valence electrons. The molecule has 1 aromatic carbocycles. The molecule has 0 aliphatic rings. The van der Waals surface area contributed by atoms with Crippen molar-refractivity contribution in [3.63, 3.8) is 0 Å². The molecule has 0 bridgehead atoms. The largest absolute Gasteiger partial charge is 0.476 e. The van der Waals surface area contributed by atoms with Crippen LogP contribution in [0.5, 0.6) is 0 Å². The van der Waals surface area contributed by atoms with Gasteiger partial charge in [-0.15, -0.1) is 11.3 Å². The van der Waals surface area contributed by atoms with E-state index in [1.54, 1.807) is 37.3 Å². The molecule has 1 atom stereocenters. The molecule has 1 aromatic heterocycles. The number of aromatic nitrogens is 1. The van der Waals surface area contributed by atoms with Gasteiger partial charge in [-0.25, -0.2) is 14.1 Å². The van der Waals surface area contributed by atoms with Crippen molar-refractivity contribution in [3.8, 4) is 0 Å². The van der Waals surface area contributed by atoms with Crippen LogP contribution in [0.15, 0.2) is 35.7 Å². The van der Waals surface area contributed by atoms with Gasteiger partial charge in [0.05, 0.1) is 6.04 Å². The molecule has 0 radical (unpaired) electrons. The molecule has 0 saturated carbocycles. The molecule has 0 aliphatic heterocycles. The second-order valence-corrected chi connectivity index (χ2v) is 6.31. The number of nitrogens with zero attached hydrogens (tertiary/aromatic N) is 2. The van der Waals surface area contributed by atoms with Crippen molar-refractivity contribution in [1.29, 1.82) is 0 Å². The van der Waals surface area contributed by atoms with Crippen molar-refractivity contribution in [2.45, 2.75) is 13.0 Å². The van der Waals surface area contributed by atoms with E-state index >= 15 is 0 Å². The highest BCUT2D eigenvalue weighted by Crippen LogP contribution is 2.31. The van der Waals surface area contributed by atoms with Gasteiger partial charge in [-0.3, -0.25) is 4.55 Å². The number of hydrogen-bond donors (Lipinski definition) is 2. The fourth-order valence-electron chi connectivity index (χ4n) is 1.79. The molecule has 1 heterocycles. The number of carboxylic acid groups (broad SMARTS) is 1. The van der Waals surface area contributed by atoms with Crippen molar-refractivity contribution >= 4 is 32.7 Å². The van der Waals surface area contributed by atoms with Crippen LogP contribution in [0.2, 0.25) is 0 Å². The number of carbonyl (C=O) groups is 1. The minimum Gasteiger partial charge on any atom is -0.476 e. The van der Waals surface area contributed by atoms with E-state index < -0.39 is 22.3 Å². The Morgan fingerprint density at radius 1 is 1.33 bits per heavy atom. The fourth-order valence-corrected chi connectivity index (χ4v) is 3.75. The minimum atomic E-state index is -4.59. The molecule has 0 aliphatic carbocycles. The number of hydrogen-bond acceptors (Lipinski definition) is 5. The Hall–Kier alpha value is -1.97. The van der Waals surface area contributed by atoms with Crippen LogP contribution in [0.25, 0.3) is 0 Å². The Labute approximate surface area is 125 Å². The number of rotatable bonds is 5. The third-order valence-electron chi connectivity index (χ3n) is 2.78. The third-order valence-corrected chi connectivity index (χ3v) is 4.72. The minimum absolute atomic E-state index is 0.105. The third kappa shape index (κ3) is 3.38. The van der Waals surface area contributed by atoms with Gasteiger partial charge >= 0.3 is 16.3 Å². The summed E-state index contributed by atoms with van der Waals surface area (Å²) in [5.74, 6) is -1.26. The Kier molecular flexibility index (Phi) is 4.26. The molecule has 2 aromatic rings. The summed E-state index contributed by atoms with van der Waals surface area (Å²) in [4.78, 5) is 14.6. The Bertz CT molecular complexity index is 742. The Balaban J connectivity index is 2.46. The highest BCUT2D eigenvalue weighted by Gasteiger charge is 2.30. The highest BCUT2D eigenvalue weighted by atomic mass is 32.2. The molecular formula is C12H12N2O5S2. The highest BCUT2D eigenvalue weighted by molar-refractivity contribution is 7.87.